The van der Waals surface area contributed by atoms with Gasteiger partial charge in [0.05, 0.1) is 6.61 Å². The summed E-state index contributed by atoms with van der Waals surface area (Å²) in [4.78, 5) is 2.52. The molecule has 108 valence electrons. The van der Waals surface area contributed by atoms with Gasteiger partial charge < -0.3 is 19.7 Å². The smallest absolute Gasteiger partial charge is 0.0589 e. The summed E-state index contributed by atoms with van der Waals surface area (Å²) in [5.41, 5.74) is 0. The van der Waals surface area contributed by atoms with Crippen LogP contribution in [0.15, 0.2) is 0 Å². The molecule has 0 unspecified atom stereocenters. The highest BCUT2D eigenvalue weighted by Gasteiger charge is 2.14. The summed E-state index contributed by atoms with van der Waals surface area (Å²) in [6.07, 6.45) is 5.14. The van der Waals surface area contributed by atoms with Crippen LogP contribution in [-0.4, -0.2) is 65.1 Å². The van der Waals surface area contributed by atoms with Crippen molar-refractivity contribution in [2.45, 2.75) is 25.7 Å². The molecule has 1 saturated heterocycles. The molecule has 0 bridgehead atoms. The Kier molecular flexibility index (Phi) is 9.48. The Morgan fingerprint density at radius 1 is 1.00 bits per heavy atom. The maximum Gasteiger partial charge on any atom is 0.0589 e. The first kappa shape index (κ1) is 15.9. The number of methoxy groups -OCH3 is 2. The quantitative estimate of drug-likeness (QED) is 0.600. The molecule has 4 nitrogen and oxygen atoms in total. The molecule has 1 aliphatic heterocycles. The lowest BCUT2D eigenvalue weighted by Gasteiger charge is -2.27. The van der Waals surface area contributed by atoms with E-state index in [1.807, 2.05) is 0 Å². The van der Waals surface area contributed by atoms with Crippen molar-refractivity contribution < 1.29 is 9.47 Å². The molecule has 4 heteroatoms. The molecule has 1 fully saturated rings. The molecular weight excluding hydrogens is 228 g/mol. The molecule has 0 saturated carbocycles. The van der Waals surface area contributed by atoms with Gasteiger partial charge in [0.1, 0.15) is 0 Å². The highest BCUT2D eigenvalue weighted by atomic mass is 16.5. The molecule has 0 radical (unpaired) electrons. The molecule has 1 rings (SSSR count). The zero-order chi connectivity index (χ0) is 13.1. The number of rotatable bonds is 10. The SMILES string of the molecule is COCCCN(CCOC)CCC1CCNCC1. The number of ether oxygens (including phenoxy) is 2. The lowest BCUT2D eigenvalue weighted by atomic mass is 9.94. The molecule has 0 aromatic carbocycles. The second-order valence-electron chi connectivity index (χ2n) is 5.16. The van der Waals surface area contributed by atoms with E-state index in [1.54, 1.807) is 14.2 Å². The van der Waals surface area contributed by atoms with Crippen LogP contribution in [0.4, 0.5) is 0 Å². The van der Waals surface area contributed by atoms with Gasteiger partial charge in [-0.15, -0.1) is 0 Å². The van der Waals surface area contributed by atoms with E-state index in [9.17, 15) is 0 Å². The summed E-state index contributed by atoms with van der Waals surface area (Å²) in [6, 6.07) is 0. The fraction of sp³-hybridized carbons (Fsp3) is 1.00. The minimum atomic E-state index is 0.833. The first-order valence-corrected chi connectivity index (χ1v) is 7.27. The van der Waals surface area contributed by atoms with Gasteiger partial charge in [0.2, 0.25) is 0 Å². The van der Waals surface area contributed by atoms with Crippen LogP contribution >= 0.6 is 0 Å². The third-order valence-corrected chi connectivity index (χ3v) is 3.75. The van der Waals surface area contributed by atoms with E-state index >= 15 is 0 Å². The molecule has 0 aromatic heterocycles. The average Bonchev–Trinajstić information content (AvgIpc) is 2.42. The number of nitrogens with zero attached hydrogens (tertiary/aromatic N) is 1. The number of nitrogens with one attached hydrogen (secondary N) is 1. The summed E-state index contributed by atoms with van der Waals surface area (Å²) in [5, 5.41) is 3.43. The lowest BCUT2D eigenvalue weighted by molar-refractivity contribution is 0.127. The van der Waals surface area contributed by atoms with E-state index < -0.39 is 0 Å². The van der Waals surface area contributed by atoms with Gasteiger partial charge in [0, 0.05) is 33.9 Å². The van der Waals surface area contributed by atoms with Crippen LogP contribution in [0.5, 0.6) is 0 Å². The molecule has 0 amide bonds. The Morgan fingerprint density at radius 2 is 1.72 bits per heavy atom. The third kappa shape index (κ3) is 7.31. The molecule has 1 heterocycles. The largest absolute Gasteiger partial charge is 0.385 e. The number of hydrogen-bond acceptors (Lipinski definition) is 4. The van der Waals surface area contributed by atoms with E-state index in [-0.39, 0.29) is 0 Å². The monoisotopic (exact) mass is 258 g/mol. The maximum absolute atomic E-state index is 5.19. The predicted octanol–water partition coefficient (Wildman–Crippen LogP) is 1.36. The van der Waals surface area contributed by atoms with Crippen molar-refractivity contribution in [1.82, 2.24) is 10.2 Å². The van der Waals surface area contributed by atoms with Gasteiger partial charge in [-0.1, -0.05) is 0 Å². The standard InChI is InChI=1S/C14H30N2O2/c1-17-12-3-9-16(11-13-18-2)10-6-14-4-7-15-8-5-14/h14-15H,3-13H2,1-2H3. The molecule has 1 N–H and O–H groups in total. The van der Waals surface area contributed by atoms with E-state index in [0.29, 0.717) is 0 Å². The van der Waals surface area contributed by atoms with E-state index in [4.69, 9.17) is 9.47 Å². The zero-order valence-electron chi connectivity index (χ0n) is 12.1. The van der Waals surface area contributed by atoms with Crippen LogP contribution < -0.4 is 5.32 Å². The molecule has 0 atom stereocenters. The van der Waals surface area contributed by atoms with Crippen molar-refractivity contribution in [1.29, 1.82) is 0 Å². The fourth-order valence-corrected chi connectivity index (χ4v) is 2.52. The molecular formula is C14H30N2O2. The van der Waals surface area contributed by atoms with Crippen molar-refractivity contribution in [3.8, 4) is 0 Å². The van der Waals surface area contributed by atoms with Gasteiger partial charge in [-0.05, 0) is 51.2 Å². The van der Waals surface area contributed by atoms with Crippen molar-refractivity contribution >= 4 is 0 Å². The highest BCUT2D eigenvalue weighted by Crippen LogP contribution is 2.16. The molecule has 0 aliphatic carbocycles. The first-order chi connectivity index (χ1) is 8.86. The second kappa shape index (κ2) is 10.7. The Labute approximate surface area is 112 Å². The topological polar surface area (TPSA) is 33.7 Å². The molecule has 0 spiro atoms. The van der Waals surface area contributed by atoms with Crippen LogP contribution in [0.1, 0.15) is 25.7 Å². The Morgan fingerprint density at radius 3 is 2.39 bits per heavy atom. The van der Waals surface area contributed by atoms with Crippen LogP contribution in [0.3, 0.4) is 0 Å². The maximum atomic E-state index is 5.19. The minimum Gasteiger partial charge on any atom is -0.385 e. The predicted molar refractivity (Wildman–Crippen MR) is 75.0 cm³/mol. The summed E-state index contributed by atoms with van der Waals surface area (Å²) in [7, 11) is 3.55. The van der Waals surface area contributed by atoms with Gasteiger partial charge in [-0.2, -0.15) is 0 Å². The van der Waals surface area contributed by atoms with Gasteiger partial charge in [0.15, 0.2) is 0 Å². The van der Waals surface area contributed by atoms with E-state index in [2.05, 4.69) is 10.2 Å². The minimum absolute atomic E-state index is 0.833. The van der Waals surface area contributed by atoms with E-state index in [0.717, 1.165) is 38.6 Å². The van der Waals surface area contributed by atoms with Crippen molar-refractivity contribution in [3.63, 3.8) is 0 Å². The summed E-state index contributed by atoms with van der Waals surface area (Å²) < 4.78 is 10.3. The molecule has 0 aromatic rings. The van der Waals surface area contributed by atoms with Gasteiger partial charge in [-0.25, -0.2) is 0 Å². The molecule has 1 aliphatic rings. The van der Waals surface area contributed by atoms with Crippen LogP contribution in [-0.2, 0) is 9.47 Å². The summed E-state index contributed by atoms with van der Waals surface area (Å²) >= 11 is 0. The van der Waals surface area contributed by atoms with Gasteiger partial charge in [-0.3, -0.25) is 0 Å². The van der Waals surface area contributed by atoms with Gasteiger partial charge in [0.25, 0.3) is 0 Å². The number of hydrogen-bond donors (Lipinski definition) is 1. The Hall–Kier alpha value is -0.160. The summed E-state index contributed by atoms with van der Waals surface area (Å²) in [6.45, 7) is 7.47. The van der Waals surface area contributed by atoms with Gasteiger partial charge >= 0.3 is 0 Å². The highest BCUT2D eigenvalue weighted by molar-refractivity contribution is 4.70. The molecule has 18 heavy (non-hydrogen) atoms. The van der Waals surface area contributed by atoms with Crippen LogP contribution in [0.2, 0.25) is 0 Å². The number of piperidine rings is 1. The normalized spacial score (nSPS) is 17.5. The fourth-order valence-electron chi connectivity index (χ4n) is 2.52. The van der Waals surface area contributed by atoms with E-state index in [1.165, 1.54) is 38.9 Å². The Bertz CT molecular complexity index is 185. The Balaban J connectivity index is 2.16. The van der Waals surface area contributed by atoms with Crippen molar-refractivity contribution in [2.24, 2.45) is 5.92 Å². The van der Waals surface area contributed by atoms with Crippen molar-refractivity contribution in [3.05, 3.63) is 0 Å². The second-order valence-corrected chi connectivity index (χ2v) is 5.16. The lowest BCUT2D eigenvalue weighted by Crippen LogP contribution is -2.33. The van der Waals surface area contributed by atoms with Crippen molar-refractivity contribution in [2.75, 3.05) is 60.2 Å². The average molecular weight is 258 g/mol. The van der Waals surface area contributed by atoms with Crippen LogP contribution in [0.25, 0.3) is 0 Å². The first-order valence-electron chi connectivity index (χ1n) is 7.27. The zero-order valence-corrected chi connectivity index (χ0v) is 12.1. The third-order valence-electron chi connectivity index (χ3n) is 3.75. The summed E-state index contributed by atoms with van der Waals surface area (Å²) in [5.74, 6) is 0.915. The van der Waals surface area contributed by atoms with Crippen LogP contribution in [0, 0.1) is 5.92 Å².